The maximum Gasteiger partial charge on any atom is 0.198 e. The predicted molar refractivity (Wildman–Crippen MR) is 78.5 cm³/mol. The summed E-state index contributed by atoms with van der Waals surface area (Å²) in [7, 11) is 0. The Kier molecular flexibility index (Phi) is 3.95. The van der Waals surface area contributed by atoms with E-state index in [0.717, 1.165) is 19.3 Å². The molecule has 4 nitrogen and oxygen atoms in total. The highest BCUT2D eigenvalue weighted by atomic mass is 19.1. The third kappa shape index (κ3) is 2.94. The van der Waals surface area contributed by atoms with Crippen LogP contribution in [0.1, 0.15) is 50.5 Å². The highest BCUT2D eigenvalue weighted by Crippen LogP contribution is 2.25. The van der Waals surface area contributed by atoms with E-state index in [9.17, 15) is 9.50 Å². The summed E-state index contributed by atoms with van der Waals surface area (Å²) < 4.78 is 19.7. The fourth-order valence-corrected chi connectivity index (χ4v) is 2.81. The van der Waals surface area contributed by atoms with Gasteiger partial charge < -0.3 is 14.8 Å². The maximum atomic E-state index is 14.1. The van der Waals surface area contributed by atoms with E-state index in [1.807, 2.05) is 13.8 Å². The van der Waals surface area contributed by atoms with Gasteiger partial charge in [0, 0.05) is 30.1 Å². The molecule has 0 radical (unpaired) electrons. The van der Waals surface area contributed by atoms with Crippen LogP contribution in [0.25, 0.3) is 11.1 Å². The lowest BCUT2D eigenvalue weighted by molar-refractivity contribution is 0.148. The van der Waals surface area contributed by atoms with E-state index >= 15 is 0 Å². The molecular weight excluding hydrogens is 271 g/mol. The first-order valence-electron chi connectivity index (χ1n) is 7.55. The zero-order valence-electron chi connectivity index (χ0n) is 12.4. The molecule has 1 fully saturated rings. The van der Waals surface area contributed by atoms with Gasteiger partial charge in [-0.15, -0.1) is 0 Å². The molecule has 114 valence electrons. The summed E-state index contributed by atoms with van der Waals surface area (Å²) in [5.74, 6) is 0.505. The van der Waals surface area contributed by atoms with Crippen molar-refractivity contribution in [1.82, 2.24) is 10.3 Å². The van der Waals surface area contributed by atoms with Gasteiger partial charge in [-0.25, -0.2) is 9.37 Å². The van der Waals surface area contributed by atoms with Crippen molar-refractivity contribution in [3.63, 3.8) is 0 Å². The van der Waals surface area contributed by atoms with Gasteiger partial charge in [-0.2, -0.15) is 0 Å². The number of nitrogens with one attached hydrogen (secondary N) is 1. The Morgan fingerprint density at radius 3 is 2.90 bits per heavy atom. The van der Waals surface area contributed by atoms with E-state index < -0.39 is 0 Å². The molecular formula is C16H21FN2O2. The van der Waals surface area contributed by atoms with Crippen LogP contribution in [0.5, 0.6) is 0 Å². The molecule has 1 saturated carbocycles. The SMILES string of the molecule is CC(C)c1nc2cc(CN[C@@H]3CCC[C@@H]3O)c(F)cc2o1. The van der Waals surface area contributed by atoms with Crippen molar-refractivity contribution < 1.29 is 13.9 Å². The zero-order chi connectivity index (χ0) is 15.0. The second-order valence-corrected chi connectivity index (χ2v) is 6.10. The van der Waals surface area contributed by atoms with Gasteiger partial charge >= 0.3 is 0 Å². The fraction of sp³-hybridized carbons (Fsp3) is 0.562. The Morgan fingerprint density at radius 1 is 1.43 bits per heavy atom. The number of nitrogens with zero attached hydrogens (tertiary/aromatic N) is 1. The van der Waals surface area contributed by atoms with Crippen molar-refractivity contribution in [2.24, 2.45) is 0 Å². The summed E-state index contributed by atoms with van der Waals surface area (Å²) in [6.07, 6.45) is 2.45. The molecule has 3 rings (SSSR count). The van der Waals surface area contributed by atoms with Crippen LogP contribution >= 0.6 is 0 Å². The van der Waals surface area contributed by atoms with Crippen LogP contribution in [0, 0.1) is 5.82 Å². The van der Waals surface area contributed by atoms with Crippen LogP contribution in [0.3, 0.4) is 0 Å². The molecule has 2 atom stereocenters. The Balaban J connectivity index is 1.79. The van der Waals surface area contributed by atoms with Gasteiger partial charge in [-0.1, -0.05) is 13.8 Å². The van der Waals surface area contributed by atoms with Crippen molar-refractivity contribution >= 4 is 11.1 Å². The van der Waals surface area contributed by atoms with E-state index in [-0.39, 0.29) is 23.9 Å². The number of oxazole rings is 1. The molecule has 21 heavy (non-hydrogen) atoms. The molecule has 0 amide bonds. The van der Waals surface area contributed by atoms with Crippen LogP contribution in [0.4, 0.5) is 4.39 Å². The molecule has 0 unspecified atom stereocenters. The first-order chi connectivity index (χ1) is 10.0. The van der Waals surface area contributed by atoms with Crippen molar-refractivity contribution in [2.45, 2.75) is 57.7 Å². The third-order valence-electron chi connectivity index (χ3n) is 4.10. The van der Waals surface area contributed by atoms with Gasteiger partial charge in [0.25, 0.3) is 0 Å². The molecule has 1 aromatic heterocycles. The van der Waals surface area contributed by atoms with Crippen molar-refractivity contribution in [3.05, 3.63) is 29.4 Å². The average Bonchev–Trinajstić information content (AvgIpc) is 3.02. The first kappa shape index (κ1) is 14.5. The van der Waals surface area contributed by atoms with Crippen molar-refractivity contribution in [3.8, 4) is 0 Å². The van der Waals surface area contributed by atoms with Gasteiger partial charge in [-0.3, -0.25) is 0 Å². The van der Waals surface area contributed by atoms with Gasteiger partial charge in [0.05, 0.1) is 6.10 Å². The highest BCUT2D eigenvalue weighted by Gasteiger charge is 2.24. The quantitative estimate of drug-likeness (QED) is 0.909. The van der Waals surface area contributed by atoms with Crippen LogP contribution in [0.15, 0.2) is 16.5 Å². The summed E-state index contributed by atoms with van der Waals surface area (Å²) in [6, 6.07) is 3.19. The summed E-state index contributed by atoms with van der Waals surface area (Å²) in [4.78, 5) is 4.40. The number of fused-ring (bicyclic) bond motifs is 1. The minimum absolute atomic E-state index is 0.0589. The first-order valence-corrected chi connectivity index (χ1v) is 7.55. The van der Waals surface area contributed by atoms with E-state index in [2.05, 4.69) is 10.3 Å². The number of aliphatic hydroxyl groups excluding tert-OH is 1. The summed E-state index contributed by atoms with van der Waals surface area (Å²) in [5.41, 5.74) is 1.73. The number of aromatic nitrogens is 1. The molecule has 0 spiro atoms. The fourth-order valence-electron chi connectivity index (χ4n) is 2.81. The molecule has 0 bridgehead atoms. The smallest absolute Gasteiger partial charge is 0.198 e. The molecule has 5 heteroatoms. The Labute approximate surface area is 123 Å². The van der Waals surface area contributed by atoms with Crippen molar-refractivity contribution in [2.75, 3.05) is 0 Å². The number of hydrogen-bond donors (Lipinski definition) is 2. The number of rotatable bonds is 4. The zero-order valence-corrected chi connectivity index (χ0v) is 12.4. The van der Waals surface area contributed by atoms with Crippen LogP contribution in [-0.2, 0) is 6.54 Å². The van der Waals surface area contributed by atoms with Gasteiger partial charge in [0.2, 0.25) is 0 Å². The number of hydrogen-bond acceptors (Lipinski definition) is 4. The lowest BCUT2D eigenvalue weighted by Gasteiger charge is -2.16. The second-order valence-electron chi connectivity index (χ2n) is 6.10. The third-order valence-corrected chi connectivity index (χ3v) is 4.10. The molecule has 1 aliphatic rings. The van der Waals surface area contributed by atoms with E-state index in [4.69, 9.17) is 4.42 Å². The van der Waals surface area contributed by atoms with E-state index in [1.54, 1.807) is 6.07 Å². The lowest BCUT2D eigenvalue weighted by Crippen LogP contribution is -2.35. The number of halogens is 1. The second kappa shape index (κ2) is 5.73. The number of aliphatic hydroxyl groups is 1. The molecule has 1 aliphatic carbocycles. The molecule has 1 heterocycles. The predicted octanol–water partition coefficient (Wildman–Crippen LogP) is 3.09. The van der Waals surface area contributed by atoms with Gasteiger partial charge in [0.15, 0.2) is 11.5 Å². The summed E-state index contributed by atoms with van der Waals surface area (Å²) >= 11 is 0. The monoisotopic (exact) mass is 292 g/mol. The normalized spacial score (nSPS) is 22.5. The Hall–Kier alpha value is -1.46. The lowest BCUT2D eigenvalue weighted by atomic mass is 10.1. The maximum absolute atomic E-state index is 14.1. The van der Waals surface area contributed by atoms with E-state index in [0.29, 0.717) is 29.1 Å². The molecule has 2 aromatic rings. The minimum Gasteiger partial charge on any atom is -0.440 e. The van der Waals surface area contributed by atoms with E-state index in [1.165, 1.54) is 6.07 Å². The molecule has 1 aromatic carbocycles. The van der Waals surface area contributed by atoms with Gasteiger partial charge in [-0.05, 0) is 25.3 Å². The van der Waals surface area contributed by atoms with Crippen LogP contribution < -0.4 is 5.32 Å². The van der Waals surface area contributed by atoms with Crippen LogP contribution in [0.2, 0.25) is 0 Å². The van der Waals surface area contributed by atoms with Gasteiger partial charge in [0.1, 0.15) is 11.3 Å². The average molecular weight is 292 g/mol. The summed E-state index contributed by atoms with van der Waals surface area (Å²) in [6.45, 7) is 4.38. The Morgan fingerprint density at radius 2 is 2.24 bits per heavy atom. The molecule has 0 saturated heterocycles. The molecule has 0 aliphatic heterocycles. The minimum atomic E-state index is -0.323. The largest absolute Gasteiger partial charge is 0.440 e. The van der Waals surface area contributed by atoms with Crippen molar-refractivity contribution in [1.29, 1.82) is 0 Å². The summed E-state index contributed by atoms with van der Waals surface area (Å²) in [5, 5.41) is 13.0. The van der Waals surface area contributed by atoms with Crippen LogP contribution in [-0.4, -0.2) is 22.2 Å². The molecule has 2 N–H and O–H groups in total. The topological polar surface area (TPSA) is 58.3 Å². The Bertz CT molecular complexity index is 638. The standard InChI is InChI=1S/C16H21FN2O2/c1-9(2)16-19-13-6-10(11(17)7-15(13)21-16)8-18-12-4-3-5-14(12)20/h6-7,9,12,14,18,20H,3-5,8H2,1-2H3/t12-,14+/m1/s1. The highest BCUT2D eigenvalue weighted by molar-refractivity contribution is 5.73. The number of benzene rings is 1.